The van der Waals surface area contributed by atoms with Crippen LogP contribution in [0.25, 0.3) is 0 Å². The molecule has 3 nitrogen and oxygen atoms in total. The number of aromatic carboxylic acids is 1. The number of nitriles is 1. The van der Waals surface area contributed by atoms with Crippen molar-refractivity contribution in [3.8, 4) is 6.07 Å². The van der Waals surface area contributed by atoms with Crippen molar-refractivity contribution in [2.75, 3.05) is 0 Å². The Morgan fingerprint density at radius 3 is 2.47 bits per heavy atom. The highest BCUT2D eigenvalue weighted by molar-refractivity contribution is 5.92. The summed E-state index contributed by atoms with van der Waals surface area (Å²) in [4.78, 5) is 11.1. The van der Waals surface area contributed by atoms with Crippen LogP contribution < -0.4 is 0 Å². The summed E-state index contributed by atoms with van der Waals surface area (Å²) >= 11 is 0. The van der Waals surface area contributed by atoms with Crippen LogP contribution in [0.3, 0.4) is 0 Å². The van der Waals surface area contributed by atoms with Crippen molar-refractivity contribution in [3.63, 3.8) is 0 Å². The van der Waals surface area contributed by atoms with Gasteiger partial charge < -0.3 is 5.11 Å². The predicted octanol–water partition coefficient (Wildman–Crippen LogP) is 2.38. The summed E-state index contributed by atoms with van der Waals surface area (Å²) in [5, 5.41) is 17.9. The molecule has 0 aliphatic carbocycles. The van der Waals surface area contributed by atoms with Gasteiger partial charge in [-0.3, -0.25) is 0 Å². The molecule has 0 unspecified atom stereocenters. The van der Waals surface area contributed by atoms with E-state index in [2.05, 4.69) is 0 Å². The van der Waals surface area contributed by atoms with Crippen LogP contribution in [0.2, 0.25) is 0 Å². The standard InChI is InChI=1S/C12H13NO2/c1-3-8-5-6-9(7-13)11(12(14)15)10(8)4-2/h5-6H,3-4H2,1-2H3,(H,14,15). The third-order valence-corrected chi connectivity index (χ3v) is 2.48. The van der Waals surface area contributed by atoms with E-state index in [9.17, 15) is 4.79 Å². The largest absolute Gasteiger partial charge is 0.478 e. The van der Waals surface area contributed by atoms with Gasteiger partial charge in [0.2, 0.25) is 0 Å². The second-order valence-corrected chi connectivity index (χ2v) is 3.25. The minimum atomic E-state index is -1.02. The lowest BCUT2D eigenvalue weighted by Crippen LogP contribution is -2.08. The van der Waals surface area contributed by atoms with Gasteiger partial charge in [-0.15, -0.1) is 0 Å². The molecular weight excluding hydrogens is 190 g/mol. The number of carboxylic acids is 1. The molecule has 0 radical (unpaired) electrons. The second-order valence-electron chi connectivity index (χ2n) is 3.25. The number of aryl methyl sites for hydroxylation is 1. The van der Waals surface area contributed by atoms with Gasteiger partial charge in [0, 0.05) is 0 Å². The zero-order chi connectivity index (χ0) is 11.4. The Morgan fingerprint density at radius 1 is 1.40 bits per heavy atom. The van der Waals surface area contributed by atoms with Gasteiger partial charge in [0.15, 0.2) is 0 Å². The highest BCUT2D eigenvalue weighted by Crippen LogP contribution is 2.20. The van der Waals surface area contributed by atoms with Crippen LogP contribution in [0, 0.1) is 11.3 Å². The summed E-state index contributed by atoms with van der Waals surface area (Å²) in [5.74, 6) is -1.02. The topological polar surface area (TPSA) is 61.1 Å². The van der Waals surface area contributed by atoms with Gasteiger partial charge in [0.1, 0.15) is 6.07 Å². The third kappa shape index (κ3) is 1.99. The first-order valence-corrected chi connectivity index (χ1v) is 4.93. The van der Waals surface area contributed by atoms with Crippen LogP contribution in [-0.4, -0.2) is 11.1 Å². The van der Waals surface area contributed by atoms with E-state index in [0.717, 1.165) is 17.5 Å². The van der Waals surface area contributed by atoms with E-state index in [-0.39, 0.29) is 11.1 Å². The summed E-state index contributed by atoms with van der Waals surface area (Å²) in [6.07, 6.45) is 1.43. The Morgan fingerprint density at radius 2 is 2.07 bits per heavy atom. The van der Waals surface area contributed by atoms with Crippen LogP contribution in [0.1, 0.15) is 40.9 Å². The molecule has 1 rings (SSSR count). The van der Waals surface area contributed by atoms with E-state index in [0.29, 0.717) is 6.42 Å². The number of nitrogens with zero attached hydrogens (tertiary/aromatic N) is 1. The van der Waals surface area contributed by atoms with Gasteiger partial charge in [-0.1, -0.05) is 19.9 Å². The van der Waals surface area contributed by atoms with Crippen molar-refractivity contribution in [1.82, 2.24) is 0 Å². The summed E-state index contributed by atoms with van der Waals surface area (Å²) in [5.41, 5.74) is 2.20. The molecular formula is C12H13NO2. The van der Waals surface area contributed by atoms with Gasteiger partial charge in [0.05, 0.1) is 11.1 Å². The number of carbonyl (C=O) groups is 1. The van der Waals surface area contributed by atoms with Gasteiger partial charge in [-0.05, 0) is 30.0 Å². The van der Waals surface area contributed by atoms with E-state index in [1.165, 1.54) is 0 Å². The van der Waals surface area contributed by atoms with Gasteiger partial charge in [-0.2, -0.15) is 5.26 Å². The first-order chi connectivity index (χ1) is 7.15. The molecule has 0 aliphatic heterocycles. The highest BCUT2D eigenvalue weighted by atomic mass is 16.4. The third-order valence-electron chi connectivity index (χ3n) is 2.48. The zero-order valence-electron chi connectivity index (χ0n) is 8.87. The van der Waals surface area contributed by atoms with Crippen molar-refractivity contribution in [3.05, 3.63) is 34.4 Å². The fourth-order valence-electron chi connectivity index (χ4n) is 1.76. The Balaban J connectivity index is 3.53. The monoisotopic (exact) mass is 203 g/mol. The van der Waals surface area contributed by atoms with E-state index in [1.807, 2.05) is 26.0 Å². The van der Waals surface area contributed by atoms with Crippen LogP contribution in [-0.2, 0) is 12.8 Å². The fraction of sp³-hybridized carbons (Fsp3) is 0.333. The molecule has 0 saturated heterocycles. The minimum absolute atomic E-state index is 0.166. The van der Waals surface area contributed by atoms with E-state index in [1.54, 1.807) is 6.07 Å². The van der Waals surface area contributed by atoms with Crippen LogP contribution in [0.4, 0.5) is 0 Å². The van der Waals surface area contributed by atoms with E-state index >= 15 is 0 Å². The Labute approximate surface area is 89.0 Å². The molecule has 3 heteroatoms. The maximum atomic E-state index is 11.1. The lowest BCUT2D eigenvalue weighted by atomic mass is 9.93. The Hall–Kier alpha value is -1.82. The summed E-state index contributed by atoms with van der Waals surface area (Å²) in [6, 6.07) is 5.34. The summed E-state index contributed by atoms with van der Waals surface area (Å²) < 4.78 is 0. The number of carboxylic acid groups (broad SMARTS) is 1. The maximum Gasteiger partial charge on any atom is 0.337 e. The minimum Gasteiger partial charge on any atom is -0.478 e. The quantitative estimate of drug-likeness (QED) is 0.820. The summed E-state index contributed by atoms with van der Waals surface area (Å²) in [7, 11) is 0. The normalized spacial score (nSPS) is 9.67. The van der Waals surface area contributed by atoms with Gasteiger partial charge >= 0.3 is 5.97 Å². The highest BCUT2D eigenvalue weighted by Gasteiger charge is 2.16. The number of hydrogen-bond acceptors (Lipinski definition) is 2. The molecule has 0 atom stereocenters. The first kappa shape index (κ1) is 11.3. The molecule has 0 bridgehead atoms. The molecule has 1 aromatic carbocycles. The first-order valence-electron chi connectivity index (χ1n) is 4.93. The lowest BCUT2D eigenvalue weighted by molar-refractivity contribution is 0.0695. The SMILES string of the molecule is CCc1ccc(C#N)c(C(=O)O)c1CC. The molecule has 0 amide bonds. The fourth-order valence-corrected chi connectivity index (χ4v) is 1.76. The molecule has 0 heterocycles. The molecule has 0 fully saturated rings. The van der Waals surface area contributed by atoms with Crippen molar-refractivity contribution in [2.24, 2.45) is 0 Å². The molecule has 0 spiro atoms. The molecule has 15 heavy (non-hydrogen) atoms. The number of benzene rings is 1. The average Bonchev–Trinajstić information content (AvgIpc) is 2.26. The van der Waals surface area contributed by atoms with E-state index < -0.39 is 5.97 Å². The van der Waals surface area contributed by atoms with Gasteiger partial charge in [0.25, 0.3) is 0 Å². The zero-order valence-corrected chi connectivity index (χ0v) is 8.87. The Bertz CT molecular complexity index is 430. The van der Waals surface area contributed by atoms with Crippen molar-refractivity contribution >= 4 is 5.97 Å². The molecule has 1 aromatic rings. The van der Waals surface area contributed by atoms with Crippen molar-refractivity contribution < 1.29 is 9.90 Å². The summed E-state index contributed by atoms with van der Waals surface area (Å²) in [6.45, 7) is 3.88. The smallest absolute Gasteiger partial charge is 0.337 e. The van der Waals surface area contributed by atoms with Gasteiger partial charge in [-0.25, -0.2) is 4.79 Å². The lowest BCUT2D eigenvalue weighted by Gasteiger charge is -2.10. The van der Waals surface area contributed by atoms with Crippen LogP contribution >= 0.6 is 0 Å². The number of hydrogen-bond donors (Lipinski definition) is 1. The predicted molar refractivity (Wildman–Crippen MR) is 56.9 cm³/mol. The number of rotatable bonds is 3. The molecule has 78 valence electrons. The maximum absolute atomic E-state index is 11.1. The molecule has 0 aliphatic rings. The van der Waals surface area contributed by atoms with E-state index in [4.69, 9.17) is 10.4 Å². The second kappa shape index (κ2) is 4.61. The molecule has 0 saturated carbocycles. The molecule has 1 N–H and O–H groups in total. The van der Waals surface area contributed by atoms with Crippen molar-refractivity contribution in [1.29, 1.82) is 5.26 Å². The van der Waals surface area contributed by atoms with Crippen LogP contribution in [0.15, 0.2) is 12.1 Å². The molecule has 0 aromatic heterocycles. The van der Waals surface area contributed by atoms with Crippen LogP contribution in [0.5, 0.6) is 0 Å². The average molecular weight is 203 g/mol. The Kier molecular flexibility index (Phi) is 3.46. The van der Waals surface area contributed by atoms with Crippen molar-refractivity contribution in [2.45, 2.75) is 26.7 Å².